The van der Waals surface area contributed by atoms with E-state index in [0.717, 1.165) is 0 Å². The maximum absolute atomic E-state index is 11.1. The standard InChI is InChI=1S/C12H10ClNO4/c1-5-3-7-10(14-6(2)15)9(13)4-8(12(16)17)11(7)18-5/h3-4H,1-2H3,(H,14,15)(H,16,17). The van der Waals surface area contributed by atoms with Gasteiger partial charge in [0.1, 0.15) is 11.3 Å². The molecular formula is C12H10ClNO4. The van der Waals surface area contributed by atoms with Crippen molar-refractivity contribution < 1.29 is 19.1 Å². The molecule has 0 saturated carbocycles. The SMILES string of the molecule is CC(=O)Nc1c(Cl)cc(C(=O)O)c2oc(C)cc12. The number of anilines is 1. The van der Waals surface area contributed by atoms with Crippen molar-refractivity contribution in [2.45, 2.75) is 13.8 Å². The van der Waals surface area contributed by atoms with Crippen LogP contribution >= 0.6 is 11.6 Å². The molecule has 0 atom stereocenters. The van der Waals surface area contributed by atoms with Crippen LogP contribution in [0.25, 0.3) is 11.0 Å². The maximum atomic E-state index is 11.1. The molecule has 0 radical (unpaired) electrons. The number of aromatic carboxylic acids is 1. The van der Waals surface area contributed by atoms with Crippen LogP contribution in [0.2, 0.25) is 5.02 Å². The van der Waals surface area contributed by atoms with Gasteiger partial charge in [-0.15, -0.1) is 0 Å². The predicted octanol–water partition coefficient (Wildman–Crippen LogP) is 3.05. The number of amides is 1. The molecule has 6 heteroatoms. The van der Waals surface area contributed by atoms with Crippen LogP contribution in [0.5, 0.6) is 0 Å². The fourth-order valence-corrected chi connectivity index (χ4v) is 2.01. The fraction of sp³-hybridized carbons (Fsp3) is 0.167. The number of halogens is 1. The lowest BCUT2D eigenvalue weighted by Crippen LogP contribution is -2.07. The number of carboxylic acid groups (broad SMARTS) is 1. The highest BCUT2D eigenvalue weighted by atomic mass is 35.5. The van der Waals surface area contributed by atoms with E-state index in [2.05, 4.69) is 5.32 Å². The summed E-state index contributed by atoms with van der Waals surface area (Å²) in [6, 6.07) is 2.90. The van der Waals surface area contributed by atoms with Crippen molar-refractivity contribution in [3.8, 4) is 0 Å². The lowest BCUT2D eigenvalue weighted by atomic mass is 10.1. The molecule has 0 bridgehead atoms. The second kappa shape index (κ2) is 4.34. The Kier molecular flexibility index (Phi) is 3.00. The summed E-state index contributed by atoms with van der Waals surface area (Å²) >= 11 is 5.99. The Morgan fingerprint density at radius 1 is 1.39 bits per heavy atom. The molecule has 0 fully saturated rings. The number of hydrogen-bond donors (Lipinski definition) is 2. The molecule has 2 N–H and O–H groups in total. The summed E-state index contributed by atoms with van der Waals surface area (Å²) in [6.45, 7) is 3.04. The Morgan fingerprint density at radius 2 is 2.06 bits per heavy atom. The third-order valence-corrected chi connectivity index (χ3v) is 2.71. The van der Waals surface area contributed by atoms with Crippen molar-refractivity contribution in [1.82, 2.24) is 0 Å². The maximum Gasteiger partial charge on any atom is 0.339 e. The van der Waals surface area contributed by atoms with Gasteiger partial charge >= 0.3 is 5.97 Å². The summed E-state index contributed by atoms with van der Waals surface area (Å²) in [7, 11) is 0. The topological polar surface area (TPSA) is 79.5 Å². The molecule has 2 aromatic rings. The Morgan fingerprint density at radius 3 is 2.61 bits per heavy atom. The molecule has 0 aliphatic rings. The van der Waals surface area contributed by atoms with Crippen LogP contribution < -0.4 is 5.32 Å². The van der Waals surface area contributed by atoms with Crippen LogP contribution in [-0.2, 0) is 4.79 Å². The molecule has 0 aliphatic heterocycles. The van der Waals surface area contributed by atoms with E-state index in [1.807, 2.05) is 0 Å². The van der Waals surface area contributed by atoms with E-state index in [0.29, 0.717) is 16.8 Å². The first kappa shape index (κ1) is 12.4. The molecular weight excluding hydrogens is 258 g/mol. The van der Waals surface area contributed by atoms with Gasteiger partial charge in [-0.1, -0.05) is 11.6 Å². The van der Waals surface area contributed by atoms with Gasteiger partial charge in [-0.3, -0.25) is 4.79 Å². The lowest BCUT2D eigenvalue weighted by molar-refractivity contribution is -0.114. The summed E-state index contributed by atoms with van der Waals surface area (Å²) < 4.78 is 5.35. The first-order valence-corrected chi connectivity index (χ1v) is 5.51. The zero-order valence-corrected chi connectivity index (χ0v) is 10.5. The number of fused-ring (bicyclic) bond motifs is 1. The van der Waals surface area contributed by atoms with Crippen LogP contribution in [0.4, 0.5) is 5.69 Å². The van der Waals surface area contributed by atoms with Gasteiger partial charge < -0.3 is 14.8 Å². The number of carbonyl (C=O) groups excluding carboxylic acids is 1. The summed E-state index contributed by atoms with van der Waals surface area (Å²) in [5.74, 6) is -0.882. The van der Waals surface area contributed by atoms with Crippen molar-refractivity contribution in [1.29, 1.82) is 0 Å². The van der Waals surface area contributed by atoms with Crippen LogP contribution in [0.3, 0.4) is 0 Å². The van der Waals surface area contributed by atoms with E-state index >= 15 is 0 Å². The van der Waals surface area contributed by atoms with E-state index in [9.17, 15) is 9.59 Å². The van der Waals surface area contributed by atoms with Crippen molar-refractivity contribution >= 4 is 40.1 Å². The van der Waals surface area contributed by atoms with E-state index in [1.165, 1.54) is 13.0 Å². The number of aryl methyl sites for hydroxylation is 1. The largest absolute Gasteiger partial charge is 0.478 e. The molecule has 1 heterocycles. The number of hydrogen-bond acceptors (Lipinski definition) is 3. The first-order valence-electron chi connectivity index (χ1n) is 5.13. The van der Waals surface area contributed by atoms with Gasteiger partial charge in [-0.05, 0) is 19.1 Å². The molecule has 0 spiro atoms. The highest BCUT2D eigenvalue weighted by molar-refractivity contribution is 6.36. The van der Waals surface area contributed by atoms with Gasteiger partial charge in [-0.2, -0.15) is 0 Å². The fourth-order valence-electron chi connectivity index (χ4n) is 1.76. The van der Waals surface area contributed by atoms with Crippen molar-refractivity contribution in [2.24, 2.45) is 0 Å². The van der Waals surface area contributed by atoms with Crippen LogP contribution in [-0.4, -0.2) is 17.0 Å². The molecule has 2 rings (SSSR count). The number of furan rings is 1. The molecule has 94 valence electrons. The minimum Gasteiger partial charge on any atom is -0.478 e. The van der Waals surface area contributed by atoms with Gasteiger partial charge in [-0.25, -0.2) is 4.79 Å². The van der Waals surface area contributed by atoms with Gasteiger partial charge in [0, 0.05) is 12.3 Å². The number of benzene rings is 1. The van der Waals surface area contributed by atoms with Gasteiger partial charge in [0.2, 0.25) is 5.91 Å². The van der Waals surface area contributed by atoms with Gasteiger partial charge in [0.05, 0.1) is 10.7 Å². The first-order chi connectivity index (χ1) is 8.40. The predicted molar refractivity (Wildman–Crippen MR) is 67.2 cm³/mol. The molecule has 0 unspecified atom stereocenters. The minimum atomic E-state index is -1.13. The molecule has 0 aliphatic carbocycles. The average molecular weight is 268 g/mol. The second-order valence-corrected chi connectivity index (χ2v) is 4.27. The number of carbonyl (C=O) groups is 2. The van der Waals surface area contributed by atoms with E-state index in [-0.39, 0.29) is 22.1 Å². The Labute approximate surface area is 107 Å². The Balaban J connectivity index is 2.80. The normalized spacial score (nSPS) is 10.6. The van der Waals surface area contributed by atoms with E-state index in [1.54, 1.807) is 13.0 Å². The van der Waals surface area contributed by atoms with Gasteiger partial charge in [0.15, 0.2) is 5.58 Å². The highest BCUT2D eigenvalue weighted by Gasteiger charge is 2.19. The summed E-state index contributed by atoms with van der Waals surface area (Å²) in [5, 5.41) is 12.3. The smallest absolute Gasteiger partial charge is 0.339 e. The highest BCUT2D eigenvalue weighted by Crippen LogP contribution is 2.36. The summed E-state index contributed by atoms with van der Waals surface area (Å²) in [6.07, 6.45) is 0. The quantitative estimate of drug-likeness (QED) is 0.876. The molecule has 0 saturated heterocycles. The van der Waals surface area contributed by atoms with Crippen LogP contribution in [0, 0.1) is 6.92 Å². The lowest BCUT2D eigenvalue weighted by Gasteiger charge is -2.07. The third-order valence-electron chi connectivity index (χ3n) is 2.41. The molecule has 1 aromatic heterocycles. The van der Waals surface area contributed by atoms with E-state index < -0.39 is 5.97 Å². The zero-order valence-electron chi connectivity index (χ0n) is 9.70. The summed E-state index contributed by atoms with van der Waals surface area (Å²) in [5.41, 5.74) is 0.534. The zero-order chi connectivity index (χ0) is 13.4. The molecule has 1 amide bonds. The average Bonchev–Trinajstić information content (AvgIpc) is 2.62. The molecule has 5 nitrogen and oxygen atoms in total. The van der Waals surface area contributed by atoms with Crippen LogP contribution in [0.15, 0.2) is 16.5 Å². The van der Waals surface area contributed by atoms with Crippen molar-refractivity contribution in [3.05, 3.63) is 28.5 Å². The Bertz CT molecular complexity index is 660. The number of nitrogens with one attached hydrogen (secondary N) is 1. The Hall–Kier alpha value is -2.01. The summed E-state index contributed by atoms with van der Waals surface area (Å²) in [4.78, 5) is 22.2. The number of rotatable bonds is 2. The van der Waals surface area contributed by atoms with Crippen molar-refractivity contribution in [2.75, 3.05) is 5.32 Å². The molecule has 18 heavy (non-hydrogen) atoms. The van der Waals surface area contributed by atoms with Crippen LogP contribution in [0.1, 0.15) is 23.0 Å². The number of carboxylic acids is 1. The second-order valence-electron chi connectivity index (χ2n) is 3.87. The molecule has 1 aromatic carbocycles. The third kappa shape index (κ3) is 2.04. The monoisotopic (exact) mass is 267 g/mol. The van der Waals surface area contributed by atoms with Gasteiger partial charge in [0.25, 0.3) is 0 Å². The minimum absolute atomic E-state index is 0.0304. The van der Waals surface area contributed by atoms with Crippen molar-refractivity contribution in [3.63, 3.8) is 0 Å². The van der Waals surface area contributed by atoms with E-state index in [4.69, 9.17) is 21.1 Å².